The summed E-state index contributed by atoms with van der Waals surface area (Å²) in [5, 5.41) is 0. The highest BCUT2D eigenvalue weighted by Gasteiger charge is 2.52. The maximum absolute atomic E-state index is 11.6. The van der Waals surface area contributed by atoms with E-state index in [2.05, 4.69) is 4.74 Å². The Kier molecular flexibility index (Phi) is 3.25. The average Bonchev–Trinajstić information content (AvgIpc) is 1.83. The molecule has 1 atom stereocenters. The van der Waals surface area contributed by atoms with Crippen molar-refractivity contribution in [1.82, 2.24) is 0 Å². The topological polar surface area (TPSA) is 26.3 Å². The third-order valence-electron chi connectivity index (χ3n) is 0.738. The molecule has 0 amide bonds. The molecule has 0 aliphatic carbocycles. The molecule has 0 N–H and O–H groups in total. The monoisotopic (exact) mass is 214 g/mol. The number of carbonyl (C=O) groups is 1. The zero-order chi connectivity index (χ0) is 10.9. The SMILES string of the molecule is O=C(F)C(F)(F)OC(F)C(F)(F)F. The van der Waals surface area contributed by atoms with E-state index in [0.29, 0.717) is 0 Å². The first kappa shape index (κ1) is 12.1. The molecule has 0 saturated heterocycles. The Morgan fingerprint density at radius 1 is 1.15 bits per heavy atom. The van der Waals surface area contributed by atoms with Gasteiger partial charge in [-0.25, -0.2) is 4.39 Å². The molecule has 0 aromatic carbocycles. The molecule has 0 aromatic rings. The number of ether oxygens (including phenoxy) is 1. The molecule has 0 rings (SSSR count). The predicted molar refractivity (Wildman–Crippen MR) is 23.1 cm³/mol. The minimum atomic E-state index is -5.74. The Morgan fingerprint density at radius 3 is 1.77 bits per heavy atom. The molecule has 0 saturated carbocycles. The van der Waals surface area contributed by atoms with Gasteiger partial charge >= 0.3 is 24.7 Å². The second-order valence-corrected chi connectivity index (χ2v) is 1.77. The molecular formula is C4HF7O2. The molecule has 13 heavy (non-hydrogen) atoms. The number of carbonyl (C=O) groups excluding carboxylic acids is 1. The van der Waals surface area contributed by atoms with Crippen molar-refractivity contribution >= 4 is 6.04 Å². The molecule has 0 bridgehead atoms. The maximum Gasteiger partial charge on any atom is 0.451 e. The van der Waals surface area contributed by atoms with Crippen LogP contribution in [0, 0.1) is 0 Å². The Morgan fingerprint density at radius 2 is 1.54 bits per heavy atom. The first-order valence-electron chi connectivity index (χ1n) is 2.53. The molecule has 0 radical (unpaired) electrons. The van der Waals surface area contributed by atoms with Gasteiger partial charge in [0, 0.05) is 0 Å². The highest BCUT2D eigenvalue weighted by atomic mass is 19.4. The van der Waals surface area contributed by atoms with Gasteiger partial charge in [-0.2, -0.15) is 26.3 Å². The average molecular weight is 214 g/mol. The lowest BCUT2D eigenvalue weighted by molar-refractivity contribution is -0.345. The number of alkyl halides is 6. The standard InChI is InChI=1S/C4HF7O2/c5-1(12)4(10,11)13-2(6)3(7,8)9/h2H. The predicted octanol–water partition coefficient (Wildman–Crippen LogP) is 1.95. The van der Waals surface area contributed by atoms with E-state index in [-0.39, 0.29) is 0 Å². The molecule has 2 nitrogen and oxygen atoms in total. The summed E-state index contributed by atoms with van der Waals surface area (Å²) in [5.74, 6) is 0. The molecule has 0 aliphatic heterocycles. The van der Waals surface area contributed by atoms with E-state index in [1.165, 1.54) is 0 Å². The second kappa shape index (κ2) is 3.48. The van der Waals surface area contributed by atoms with E-state index in [0.717, 1.165) is 0 Å². The van der Waals surface area contributed by atoms with Gasteiger partial charge in [0.25, 0.3) is 0 Å². The Hall–Kier alpha value is -0.860. The van der Waals surface area contributed by atoms with Crippen LogP contribution in [0.5, 0.6) is 0 Å². The van der Waals surface area contributed by atoms with Crippen molar-refractivity contribution in [3.05, 3.63) is 0 Å². The zero-order valence-electron chi connectivity index (χ0n) is 5.54. The van der Waals surface area contributed by atoms with Gasteiger partial charge in [0.1, 0.15) is 0 Å². The van der Waals surface area contributed by atoms with E-state index in [1.807, 2.05) is 0 Å². The first-order chi connectivity index (χ1) is 5.57. The lowest BCUT2D eigenvalue weighted by Gasteiger charge is -2.16. The van der Waals surface area contributed by atoms with E-state index < -0.39 is 24.7 Å². The van der Waals surface area contributed by atoms with Crippen molar-refractivity contribution in [2.45, 2.75) is 18.6 Å². The van der Waals surface area contributed by atoms with Crippen molar-refractivity contribution in [3.63, 3.8) is 0 Å². The lowest BCUT2D eigenvalue weighted by Crippen LogP contribution is -2.38. The number of rotatable bonds is 3. The minimum Gasteiger partial charge on any atom is -0.268 e. The van der Waals surface area contributed by atoms with Crippen LogP contribution in [0.3, 0.4) is 0 Å². The van der Waals surface area contributed by atoms with E-state index >= 15 is 0 Å². The quantitative estimate of drug-likeness (QED) is 0.530. The summed E-state index contributed by atoms with van der Waals surface area (Å²) < 4.78 is 81.8. The van der Waals surface area contributed by atoms with Gasteiger partial charge in [0.05, 0.1) is 0 Å². The van der Waals surface area contributed by atoms with Crippen LogP contribution < -0.4 is 0 Å². The van der Waals surface area contributed by atoms with Crippen LogP contribution in [0.15, 0.2) is 0 Å². The fraction of sp³-hybridized carbons (Fsp3) is 0.750. The molecule has 0 spiro atoms. The van der Waals surface area contributed by atoms with Crippen LogP contribution in [0.2, 0.25) is 0 Å². The van der Waals surface area contributed by atoms with Crippen molar-refractivity contribution in [1.29, 1.82) is 0 Å². The Labute approximate surface area is 66.3 Å². The maximum atomic E-state index is 11.6. The summed E-state index contributed by atoms with van der Waals surface area (Å²) in [7, 11) is 0. The highest BCUT2D eigenvalue weighted by Crippen LogP contribution is 2.29. The van der Waals surface area contributed by atoms with Crippen molar-refractivity contribution < 1.29 is 40.3 Å². The third-order valence-corrected chi connectivity index (χ3v) is 0.738. The molecular weight excluding hydrogens is 213 g/mol. The Bertz CT molecular complexity index is 197. The van der Waals surface area contributed by atoms with Crippen molar-refractivity contribution in [2.75, 3.05) is 0 Å². The van der Waals surface area contributed by atoms with Crippen LogP contribution in [0.4, 0.5) is 30.7 Å². The fourth-order valence-corrected chi connectivity index (χ4v) is 0.243. The summed E-state index contributed by atoms with van der Waals surface area (Å²) >= 11 is 0. The van der Waals surface area contributed by atoms with E-state index in [9.17, 15) is 35.5 Å². The van der Waals surface area contributed by atoms with Gasteiger partial charge in [-0.05, 0) is 0 Å². The molecule has 1 unspecified atom stereocenters. The lowest BCUT2D eigenvalue weighted by atomic mass is 10.6. The Balaban J connectivity index is 4.37. The number of hydrogen-bond acceptors (Lipinski definition) is 2. The molecule has 78 valence electrons. The number of hydrogen-bond donors (Lipinski definition) is 0. The smallest absolute Gasteiger partial charge is 0.268 e. The molecule has 0 aromatic heterocycles. The van der Waals surface area contributed by atoms with Gasteiger partial charge in [-0.3, -0.25) is 9.53 Å². The fourth-order valence-electron chi connectivity index (χ4n) is 0.243. The highest BCUT2D eigenvalue weighted by molar-refractivity contribution is 5.74. The molecule has 9 heteroatoms. The van der Waals surface area contributed by atoms with Crippen LogP contribution >= 0.6 is 0 Å². The van der Waals surface area contributed by atoms with Gasteiger partial charge in [0.15, 0.2) is 0 Å². The first-order valence-corrected chi connectivity index (χ1v) is 2.53. The van der Waals surface area contributed by atoms with E-state index in [1.54, 1.807) is 0 Å². The summed E-state index contributed by atoms with van der Waals surface area (Å²) in [4.78, 5) is 9.25. The van der Waals surface area contributed by atoms with Gasteiger partial charge in [0.2, 0.25) is 0 Å². The van der Waals surface area contributed by atoms with Crippen LogP contribution in [0.1, 0.15) is 0 Å². The van der Waals surface area contributed by atoms with Crippen molar-refractivity contribution in [2.24, 2.45) is 0 Å². The van der Waals surface area contributed by atoms with Gasteiger partial charge in [-0.15, -0.1) is 0 Å². The van der Waals surface area contributed by atoms with Gasteiger partial charge < -0.3 is 0 Å². The summed E-state index contributed by atoms with van der Waals surface area (Å²) in [6, 6.07) is -3.50. The number of halogens is 7. The van der Waals surface area contributed by atoms with E-state index in [4.69, 9.17) is 0 Å². The third kappa shape index (κ3) is 3.57. The van der Waals surface area contributed by atoms with Crippen LogP contribution in [-0.4, -0.2) is 24.7 Å². The second-order valence-electron chi connectivity index (χ2n) is 1.77. The molecule has 0 aliphatic rings. The summed E-state index contributed by atoms with van der Waals surface area (Å²) in [6.07, 6.45) is -15.6. The summed E-state index contributed by atoms with van der Waals surface area (Å²) in [6.45, 7) is 0. The van der Waals surface area contributed by atoms with Crippen LogP contribution in [0.25, 0.3) is 0 Å². The normalized spacial score (nSPS) is 15.6. The summed E-state index contributed by atoms with van der Waals surface area (Å²) in [5.41, 5.74) is 0. The van der Waals surface area contributed by atoms with Gasteiger partial charge in [-0.1, -0.05) is 0 Å². The minimum absolute atomic E-state index is 2.21. The van der Waals surface area contributed by atoms with Crippen molar-refractivity contribution in [3.8, 4) is 0 Å². The zero-order valence-corrected chi connectivity index (χ0v) is 5.54. The largest absolute Gasteiger partial charge is 0.451 e. The molecule has 0 fully saturated rings. The van der Waals surface area contributed by atoms with Crippen LogP contribution in [-0.2, 0) is 9.53 Å². The molecule has 0 heterocycles.